The summed E-state index contributed by atoms with van der Waals surface area (Å²) in [5.41, 5.74) is 2.14. The van der Waals surface area contributed by atoms with E-state index in [2.05, 4.69) is 46.9 Å². The Hall–Kier alpha value is -1.86. The summed E-state index contributed by atoms with van der Waals surface area (Å²) in [6, 6.07) is 5.77. The van der Waals surface area contributed by atoms with Crippen LogP contribution in [0.1, 0.15) is 66.4 Å². The van der Waals surface area contributed by atoms with Gasteiger partial charge in [-0.05, 0) is 71.6 Å². The van der Waals surface area contributed by atoms with Crippen molar-refractivity contribution in [2.75, 3.05) is 18.1 Å². The molecule has 4 rings (SSSR count). The Labute approximate surface area is 213 Å². The first-order chi connectivity index (χ1) is 15.8. The van der Waals surface area contributed by atoms with Gasteiger partial charge in [0, 0.05) is 6.54 Å². The average molecular weight is 501 g/mol. The number of anilines is 1. The summed E-state index contributed by atoms with van der Waals surface area (Å²) < 4.78 is 6.22. The number of thiocarbonyl (C=S) groups is 1. The zero-order chi connectivity index (χ0) is 24.8. The van der Waals surface area contributed by atoms with Gasteiger partial charge in [-0.2, -0.15) is 0 Å². The van der Waals surface area contributed by atoms with Crippen LogP contribution in [-0.2, 0) is 9.59 Å². The fourth-order valence-corrected chi connectivity index (χ4v) is 6.38. The minimum absolute atomic E-state index is 0.00310. The number of amides is 2. The van der Waals surface area contributed by atoms with Crippen LogP contribution in [0, 0.1) is 28.6 Å². The van der Waals surface area contributed by atoms with E-state index in [-0.39, 0.29) is 29.3 Å². The van der Waals surface area contributed by atoms with Crippen molar-refractivity contribution >= 4 is 51.9 Å². The number of ether oxygens (including phenoxy) is 1. The maximum atomic E-state index is 13.0. The van der Waals surface area contributed by atoms with E-state index < -0.39 is 0 Å². The molecule has 2 aliphatic heterocycles. The van der Waals surface area contributed by atoms with Crippen molar-refractivity contribution in [3.05, 3.63) is 28.7 Å². The van der Waals surface area contributed by atoms with Crippen LogP contribution in [-0.4, -0.2) is 29.3 Å². The van der Waals surface area contributed by atoms with Crippen molar-refractivity contribution in [3.63, 3.8) is 0 Å². The van der Waals surface area contributed by atoms with Crippen LogP contribution in [0.5, 0.6) is 5.75 Å². The first-order valence-corrected chi connectivity index (χ1v) is 13.4. The molecule has 5 nitrogen and oxygen atoms in total. The van der Waals surface area contributed by atoms with Crippen LogP contribution in [0.4, 0.5) is 5.69 Å². The molecule has 34 heavy (non-hydrogen) atoms. The number of carbonyl (C=O) groups is 2. The van der Waals surface area contributed by atoms with Gasteiger partial charge in [0.2, 0.25) is 0 Å². The summed E-state index contributed by atoms with van der Waals surface area (Å²) in [6.45, 7) is 14.8. The number of benzene rings is 1. The Bertz CT molecular complexity index is 1010. The maximum absolute atomic E-state index is 13.0. The second-order valence-electron chi connectivity index (χ2n) is 12.1. The summed E-state index contributed by atoms with van der Waals surface area (Å²) in [6.07, 6.45) is 5.33. The van der Waals surface area contributed by atoms with Crippen molar-refractivity contribution < 1.29 is 14.3 Å². The van der Waals surface area contributed by atoms with Crippen LogP contribution in [0.3, 0.4) is 0 Å². The standard InChI is InChI=1S/C27H36N2O3S2/c1-26(2,3)18-9-17(10-19(13-18)27(4,5)6)14-29-20-11-16(7-8-21(20)32-15-23(29)30)12-22-24(31)28-25(33)34-22/h7-8,11-12,17-19H,9-10,13-15H2,1-6H3,(H,28,31,33)/b22-12+. The molecule has 2 amide bonds. The molecule has 1 aromatic rings. The molecule has 2 heterocycles. The molecule has 1 aliphatic carbocycles. The molecule has 2 unspecified atom stereocenters. The van der Waals surface area contributed by atoms with E-state index in [4.69, 9.17) is 17.0 Å². The topological polar surface area (TPSA) is 58.6 Å². The summed E-state index contributed by atoms with van der Waals surface area (Å²) in [7, 11) is 0. The number of hydrogen-bond donors (Lipinski definition) is 1. The number of rotatable bonds is 3. The lowest BCUT2D eigenvalue weighted by atomic mass is 9.60. The minimum Gasteiger partial charge on any atom is -0.482 e. The summed E-state index contributed by atoms with van der Waals surface area (Å²) in [5, 5.41) is 2.65. The third-order valence-corrected chi connectivity index (χ3v) is 8.72. The molecule has 0 aromatic heterocycles. The Morgan fingerprint density at radius 1 is 1.09 bits per heavy atom. The van der Waals surface area contributed by atoms with E-state index in [0.29, 0.717) is 33.5 Å². The van der Waals surface area contributed by atoms with Crippen LogP contribution >= 0.6 is 24.0 Å². The van der Waals surface area contributed by atoms with Crippen LogP contribution in [0.2, 0.25) is 0 Å². The largest absolute Gasteiger partial charge is 0.482 e. The molecule has 1 aromatic carbocycles. The number of thioether (sulfide) groups is 1. The van der Waals surface area contributed by atoms with Crippen LogP contribution in [0.15, 0.2) is 23.1 Å². The van der Waals surface area contributed by atoms with Gasteiger partial charge in [-0.25, -0.2) is 0 Å². The van der Waals surface area contributed by atoms with Crippen molar-refractivity contribution in [1.29, 1.82) is 0 Å². The first-order valence-electron chi connectivity index (χ1n) is 12.1. The number of nitrogens with zero attached hydrogens (tertiary/aromatic N) is 1. The molecule has 2 fully saturated rings. The third-order valence-electron chi connectivity index (χ3n) is 7.56. The van der Waals surface area contributed by atoms with Gasteiger partial charge >= 0.3 is 0 Å². The smallest absolute Gasteiger partial charge is 0.265 e. The average Bonchev–Trinajstić information content (AvgIpc) is 3.05. The van der Waals surface area contributed by atoms with E-state index in [1.807, 2.05) is 29.2 Å². The summed E-state index contributed by atoms with van der Waals surface area (Å²) in [5.74, 6) is 2.23. The SMILES string of the molecule is CC(C)(C)C1CC(CN2C(=O)COc3ccc(/C=C4/SC(=S)NC4=O)cc32)CC(C(C)(C)C)C1. The number of carbonyl (C=O) groups excluding carboxylic acids is 2. The number of nitrogens with one attached hydrogen (secondary N) is 1. The van der Waals surface area contributed by atoms with Crippen molar-refractivity contribution in [2.45, 2.75) is 60.8 Å². The van der Waals surface area contributed by atoms with E-state index in [1.54, 1.807) is 0 Å². The Morgan fingerprint density at radius 2 is 1.74 bits per heavy atom. The predicted molar refractivity (Wildman–Crippen MR) is 144 cm³/mol. The number of fused-ring (bicyclic) bond motifs is 1. The van der Waals surface area contributed by atoms with Gasteiger partial charge in [-0.1, -0.05) is 71.6 Å². The second kappa shape index (κ2) is 9.30. The molecule has 0 radical (unpaired) electrons. The zero-order valence-electron chi connectivity index (χ0n) is 21.1. The fourth-order valence-electron chi connectivity index (χ4n) is 5.34. The highest BCUT2D eigenvalue weighted by molar-refractivity contribution is 8.26. The molecule has 2 atom stereocenters. The third kappa shape index (κ3) is 5.51. The van der Waals surface area contributed by atoms with E-state index >= 15 is 0 Å². The summed E-state index contributed by atoms with van der Waals surface area (Å²) >= 11 is 6.36. The highest BCUT2D eigenvalue weighted by Crippen LogP contribution is 2.49. The van der Waals surface area contributed by atoms with Gasteiger partial charge in [0.05, 0.1) is 10.6 Å². The lowest BCUT2D eigenvalue weighted by molar-refractivity contribution is -0.121. The van der Waals surface area contributed by atoms with Gasteiger partial charge in [0.15, 0.2) is 6.61 Å². The molecular formula is C27H36N2O3S2. The minimum atomic E-state index is -0.180. The van der Waals surface area contributed by atoms with Gasteiger partial charge in [-0.3, -0.25) is 9.59 Å². The lowest BCUT2D eigenvalue weighted by Crippen LogP contribution is -2.45. The van der Waals surface area contributed by atoms with E-state index in [1.165, 1.54) is 18.2 Å². The Balaban J connectivity index is 1.61. The van der Waals surface area contributed by atoms with Crippen LogP contribution in [0.25, 0.3) is 6.08 Å². The quantitative estimate of drug-likeness (QED) is 0.406. The highest BCUT2D eigenvalue weighted by Gasteiger charge is 2.41. The monoisotopic (exact) mass is 500 g/mol. The normalized spacial score (nSPS) is 27.0. The van der Waals surface area contributed by atoms with Crippen molar-refractivity contribution in [1.82, 2.24) is 5.32 Å². The maximum Gasteiger partial charge on any atom is 0.265 e. The molecule has 1 N–H and O–H groups in total. The number of hydrogen-bond acceptors (Lipinski definition) is 5. The van der Waals surface area contributed by atoms with Crippen molar-refractivity contribution in [2.24, 2.45) is 28.6 Å². The van der Waals surface area contributed by atoms with Crippen LogP contribution < -0.4 is 15.0 Å². The molecule has 1 saturated carbocycles. The summed E-state index contributed by atoms with van der Waals surface area (Å²) in [4.78, 5) is 27.6. The van der Waals surface area contributed by atoms with Gasteiger partial charge < -0.3 is 15.0 Å². The van der Waals surface area contributed by atoms with E-state index in [9.17, 15) is 9.59 Å². The molecule has 0 spiro atoms. The second-order valence-corrected chi connectivity index (χ2v) is 13.8. The molecule has 3 aliphatic rings. The fraction of sp³-hybridized carbons (Fsp3) is 0.593. The van der Waals surface area contributed by atoms with Gasteiger partial charge in [0.1, 0.15) is 10.1 Å². The molecule has 0 bridgehead atoms. The van der Waals surface area contributed by atoms with Crippen molar-refractivity contribution in [3.8, 4) is 5.75 Å². The Kier molecular flexibility index (Phi) is 6.91. The molecular weight excluding hydrogens is 464 g/mol. The molecule has 184 valence electrons. The molecule has 1 saturated heterocycles. The predicted octanol–water partition coefficient (Wildman–Crippen LogP) is 6.03. The zero-order valence-corrected chi connectivity index (χ0v) is 22.7. The first kappa shape index (κ1) is 25.2. The Morgan fingerprint density at radius 3 is 2.29 bits per heavy atom. The highest BCUT2D eigenvalue weighted by atomic mass is 32.2. The van der Waals surface area contributed by atoms with Gasteiger partial charge in [0.25, 0.3) is 11.8 Å². The van der Waals surface area contributed by atoms with E-state index in [0.717, 1.165) is 29.8 Å². The van der Waals surface area contributed by atoms with Gasteiger partial charge in [-0.15, -0.1) is 0 Å². The lowest BCUT2D eigenvalue weighted by Gasteiger charge is -2.47. The molecule has 7 heteroatoms.